The van der Waals surface area contributed by atoms with Gasteiger partial charge in [-0.05, 0) is 43.7 Å². The van der Waals surface area contributed by atoms with Gasteiger partial charge in [-0.3, -0.25) is 24.3 Å². The number of aromatic carboxylic acids is 1. The number of nitrogen functional groups attached to an aromatic ring is 1. The second-order valence-electron chi connectivity index (χ2n) is 8.16. The number of carbonyl (C=O) groups is 3. The van der Waals surface area contributed by atoms with Crippen molar-refractivity contribution in [3.05, 3.63) is 86.7 Å². The van der Waals surface area contributed by atoms with Crippen LogP contribution in [0, 0.1) is 13.8 Å². The highest BCUT2D eigenvalue weighted by molar-refractivity contribution is 6.23. The van der Waals surface area contributed by atoms with Crippen molar-refractivity contribution in [3.63, 3.8) is 0 Å². The Morgan fingerprint density at radius 3 is 2.38 bits per heavy atom. The Hall–Kier alpha value is -4.79. The van der Waals surface area contributed by atoms with Crippen LogP contribution < -0.4 is 16.6 Å². The molecule has 1 aliphatic heterocycles. The SMILES string of the molecule is Cc1cc(C)c2nc(-c3ccc(-n4c(N)c5c(cc4=O)C(=O)NC5=O)cc3)cc(C(=O)O)c2c1. The minimum atomic E-state index is -1.06. The lowest BCUT2D eigenvalue weighted by atomic mass is 10.00. The van der Waals surface area contributed by atoms with E-state index in [0.717, 1.165) is 21.8 Å². The summed E-state index contributed by atoms with van der Waals surface area (Å²) in [7, 11) is 0. The van der Waals surface area contributed by atoms with E-state index >= 15 is 0 Å². The lowest BCUT2D eigenvalue weighted by Crippen LogP contribution is -2.24. The smallest absolute Gasteiger partial charge is 0.336 e. The zero-order valence-corrected chi connectivity index (χ0v) is 18.2. The molecule has 4 aromatic rings. The Kier molecular flexibility index (Phi) is 4.57. The number of nitrogens with one attached hydrogen (secondary N) is 1. The third kappa shape index (κ3) is 3.14. The van der Waals surface area contributed by atoms with Crippen molar-refractivity contribution in [1.82, 2.24) is 14.9 Å². The number of anilines is 1. The summed E-state index contributed by atoms with van der Waals surface area (Å²) in [5, 5.41) is 12.5. The van der Waals surface area contributed by atoms with Crippen molar-refractivity contribution < 1.29 is 19.5 Å². The molecule has 0 fully saturated rings. The first-order chi connectivity index (χ1) is 16.2. The summed E-state index contributed by atoms with van der Waals surface area (Å²) in [6.07, 6.45) is 0. The van der Waals surface area contributed by atoms with E-state index in [9.17, 15) is 24.3 Å². The molecule has 9 heteroatoms. The van der Waals surface area contributed by atoms with Gasteiger partial charge in [0.1, 0.15) is 5.82 Å². The number of amides is 2. The number of hydrogen-bond donors (Lipinski definition) is 3. The summed E-state index contributed by atoms with van der Waals surface area (Å²) in [6.45, 7) is 3.78. The second-order valence-corrected chi connectivity index (χ2v) is 8.16. The first kappa shape index (κ1) is 21.1. The molecule has 3 heterocycles. The van der Waals surface area contributed by atoms with Gasteiger partial charge in [-0.25, -0.2) is 9.78 Å². The monoisotopic (exact) mass is 454 g/mol. The maximum absolute atomic E-state index is 12.7. The molecule has 0 bridgehead atoms. The molecule has 0 saturated heterocycles. The Balaban J connectivity index is 1.64. The predicted molar refractivity (Wildman–Crippen MR) is 125 cm³/mol. The number of fused-ring (bicyclic) bond motifs is 2. The van der Waals surface area contributed by atoms with Crippen LogP contribution >= 0.6 is 0 Å². The molecule has 4 N–H and O–H groups in total. The number of carboxylic acids is 1. The fourth-order valence-electron chi connectivity index (χ4n) is 4.33. The van der Waals surface area contributed by atoms with Crippen LogP contribution in [0.25, 0.3) is 27.8 Å². The van der Waals surface area contributed by atoms with Crippen molar-refractivity contribution in [2.45, 2.75) is 13.8 Å². The first-order valence-electron chi connectivity index (χ1n) is 10.3. The molecule has 0 atom stereocenters. The zero-order chi connectivity index (χ0) is 24.3. The molecule has 0 unspecified atom stereocenters. The number of imide groups is 1. The van der Waals surface area contributed by atoms with Gasteiger partial charge >= 0.3 is 5.97 Å². The molecule has 168 valence electrons. The fraction of sp³-hybridized carbons (Fsp3) is 0.0800. The molecule has 2 aromatic heterocycles. The summed E-state index contributed by atoms with van der Waals surface area (Å²) in [5.41, 5.74) is 9.46. The molecule has 9 nitrogen and oxygen atoms in total. The standard InChI is InChI=1S/C25H18N4O5/c1-11-7-12(2)21-15(8-11)16(25(33)34)9-18(27-21)13-3-5-14(6-4-13)29-19(30)10-17-20(22(29)26)24(32)28-23(17)31/h3-10H,26H2,1-2H3,(H,33,34)(H,28,31,32). The normalized spacial score (nSPS) is 12.6. The molecule has 0 spiro atoms. The Morgan fingerprint density at radius 2 is 1.71 bits per heavy atom. The van der Waals surface area contributed by atoms with Gasteiger partial charge in [0.15, 0.2) is 0 Å². The number of rotatable bonds is 3. The minimum absolute atomic E-state index is 0.0401. The van der Waals surface area contributed by atoms with Crippen LogP contribution in [0.5, 0.6) is 0 Å². The number of aromatic nitrogens is 2. The van der Waals surface area contributed by atoms with Gasteiger partial charge in [0, 0.05) is 17.0 Å². The molecule has 5 rings (SSSR count). The van der Waals surface area contributed by atoms with Crippen LogP contribution in [0.1, 0.15) is 42.2 Å². The number of nitrogens with zero attached hydrogens (tertiary/aromatic N) is 2. The van der Waals surface area contributed by atoms with Crippen LogP contribution in [-0.2, 0) is 0 Å². The zero-order valence-electron chi connectivity index (χ0n) is 18.2. The van der Waals surface area contributed by atoms with E-state index < -0.39 is 23.3 Å². The van der Waals surface area contributed by atoms with Crippen LogP contribution in [0.3, 0.4) is 0 Å². The highest BCUT2D eigenvalue weighted by Gasteiger charge is 2.31. The topological polar surface area (TPSA) is 144 Å². The van der Waals surface area contributed by atoms with Crippen LogP contribution in [0.2, 0.25) is 0 Å². The molecule has 34 heavy (non-hydrogen) atoms. The highest BCUT2D eigenvalue weighted by atomic mass is 16.4. The van der Waals surface area contributed by atoms with Crippen LogP contribution in [0.15, 0.2) is 53.3 Å². The third-order valence-electron chi connectivity index (χ3n) is 5.85. The van der Waals surface area contributed by atoms with E-state index in [1.165, 1.54) is 6.07 Å². The van der Waals surface area contributed by atoms with Gasteiger partial charge in [0.05, 0.1) is 33.6 Å². The maximum atomic E-state index is 12.7. The molecule has 2 amide bonds. The first-order valence-corrected chi connectivity index (χ1v) is 10.3. The van der Waals surface area contributed by atoms with E-state index in [0.29, 0.717) is 27.8 Å². The molecule has 0 radical (unpaired) electrons. The van der Waals surface area contributed by atoms with E-state index in [1.54, 1.807) is 30.3 Å². The van der Waals surface area contributed by atoms with Crippen molar-refractivity contribution in [2.24, 2.45) is 0 Å². The maximum Gasteiger partial charge on any atom is 0.336 e. The summed E-state index contributed by atoms with van der Waals surface area (Å²) in [5.74, 6) is -2.51. The number of hydrogen-bond acceptors (Lipinski definition) is 6. The highest BCUT2D eigenvalue weighted by Crippen LogP contribution is 2.29. The quantitative estimate of drug-likeness (QED) is 0.404. The number of carbonyl (C=O) groups excluding carboxylic acids is 2. The van der Waals surface area contributed by atoms with E-state index in [1.807, 2.05) is 19.9 Å². The predicted octanol–water partition coefficient (Wildman–Crippen LogP) is 2.83. The summed E-state index contributed by atoms with van der Waals surface area (Å²) in [6, 6.07) is 12.9. The van der Waals surface area contributed by atoms with E-state index in [4.69, 9.17) is 5.73 Å². The molecule has 1 aliphatic rings. The molecule has 0 aliphatic carbocycles. The van der Waals surface area contributed by atoms with Crippen molar-refractivity contribution >= 4 is 34.5 Å². The number of pyridine rings is 2. The van der Waals surface area contributed by atoms with Gasteiger partial charge in [0.2, 0.25) is 0 Å². The van der Waals surface area contributed by atoms with Crippen LogP contribution in [-0.4, -0.2) is 32.4 Å². The lowest BCUT2D eigenvalue weighted by molar-refractivity contribution is 0.0698. The van der Waals surface area contributed by atoms with Gasteiger partial charge in [-0.15, -0.1) is 0 Å². The minimum Gasteiger partial charge on any atom is -0.478 e. The number of aryl methyl sites for hydroxylation is 2. The number of benzene rings is 2. The van der Waals surface area contributed by atoms with Gasteiger partial charge in [0.25, 0.3) is 17.4 Å². The van der Waals surface area contributed by atoms with Crippen molar-refractivity contribution in [3.8, 4) is 16.9 Å². The van der Waals surface area contributed by atoms with Gasteiger partial charge < -0.3 is 10.8 Å². The Morgan fingerprint density at radius 1 is 1.00 bits per heavy atom. The number of carboxylic acid groups (broad SMARTS) is 1. The average Bonchev–Trinajstić information content (AvgIpc) is 3.06. The lowest BCUT2D eigenvalue weighted by Gasteiger charge is -2.13. The van der Waals surface area contributed by atoms with Crippen LogP contribution in [0.4, 0.5) is 5.82 Å². The summed E-state index contributed by atoms with van der Waals surface area (Å²) in [4.78, 5) is 53.2. The summed E-state index contributed by atoms with van der Waals surface area (Å²) >= 11 is 0. The van der Waals surface area contributed by atoms with Gasteiger partial charge in [-0.2, -0.15) is 0 Å². The second kappa shape index (κ2) is 7.38. The fourth-order valence-corrected chi connectivity index (χ4v) is 4.33. The van der Waals surface area contributed by atoms with Gasteiger partial charge in [-0.1, -0.05) is 23.8 Å². The third-order valence-corrected chi connectivity index (χ3v) is 5.85. The molecule has 0 saturated carbocycles. The molecule has 2 aromatic carbocycles. The Bertz CT molecular complexity index is 1630. The van der Waals surface area contributed by atoms with Crippen molar-refractivity contribution in [1.29, 1.82) is 0 Å². The Labute approximate surface area is 192 Å². The van der Waals surface area contributed by atoms with E-state index in [-0.39, 0.29) is 22.5 Å². The molecular formula is C25H18N4O5. The largest absolute Gasteiger partial charge is 0.478 e. The summed E-state index contributed by atoms with van der Waals surface area (Å²) < 4.78 is 1.14. The average molecular weight is 454 g/mol. The molecular weight excluding hydrogens is 436 g/mol. The van der Waals surface area contributed by atoms with E-state index in [2.05, 4.69) is 10.3 Å². The number of nitrogens with two attached hydrogens (primary N) is 1. The van der Waals surface area contributed by atoms with Crippen molar-refractivity contribution in [2.75, 3.05) is 5.73 Å².